The predicted molar refractivity (Wildman–Crippen MR) is 143 cm³/mol. The fourth-order valence-electron chi connectivity index (χ4n) is 5.01. The van der Waals surface area contributed by atoms with E-state index in [4.69, 9.17) is 0 Å². The van der Waals surface area contributed by atoms with Gasteiger partial charge in [0.1, 0.15) is 11.9 Å². The number of hydrogen-bond acceptors (Lipinski definition) is 5. The molecule has 10 heteroatoms. The summed E-state index contributed by atoms with van der Waals surface area (Å²) in [4.78, 5) is 32.3. The number of sulfonamides is 1. The number of piperazine rings is 1. The molecule has 0 N–H and O–H groups in total. The van der Waals surface area contributed by atoms with Crippen LogP contribution in [0.25, 0.3) is 0 Å². The molecule has 2 saturated heterocycles. The van der Waals surface area contributed by atoms with E-state index in [2.05, 4.69) is 30.0 Å². The average molecular weight is 537 g/mol. The molecule has 3 aromatic rings. The Balaban J connectivity index is 1.41. The normalized spacial score (nSPS) is 18.3. The van der Waals surface area contributed by atoms with Gasteiger partial charge in [0, 0.05) is 37.6 Å². The van der Waals surface area contributed by atoms with E-state index in [0.717, 1.165) is 21.1 Å². The monoisotopic (exact) mass is 536 g/mol. The summed E-state index contributed by atoms with van der Waals surface area (Å²) in [7, 11) is -4.20. The number of halogens is 1. The highest BCUT2D eigenvalue weighted by atomic mass is 32.2. The van der Waals surface area contributed by atoms with Crippen molar-refractivity contribution in [3.05, 3.63) is 89.7 Å². The Morgan fingerprint density at radius 3 is 2.21 bits per heavy atom. The molecule has 38 heavy (non-hydrogen) atoms. The van der Waals surface area contributed by atoms with Crippen molar-refractivity contribution < 1.29 is 22.4 Å². The van der Waals surface area contributed by atoms with Gasteiger partial charge in [-0.3, -0.25) is 9.69 Å². The average Bonchev–Trinajstić information content (AvgIpc) is 3.28. The molecule has 0 saturated carbocycles. The molecule has 2 aliphatic heterocycles. The maximum absolute atomic E-state index is 13.8. The van der Waals surface area contributed by atoms with Crippen LogP contribution in [0.2, 0.25) is 0 Å². The molecular weight excluding hydrogens is 507 g/mol. The molecule has 8 nitrogen and oxygen atoms in total. The van der Waals surface area contributed by atoms with Gasteiger partial charge < -0.3 is 9.80 Å². The van der Waals surface area contributed by atoms with Gasteiger partial charge in [0.15, 0.2) is 0 Å². The zero-order valence-corrected chi connectivity index (χ0v) is 22.1. The van der Waals surface area contributed by atoms with Crippen LogP contribution >= 0.6 is 0 Å². The third kappa shape index (κ3) is 4.71. The van der Waals surface area contributed by atoms with Crippen molar-refractivity contribution >= 4 is 33.3 Å². The van der Waals surface area contributed by atoms with Gasteiger partial charge in [-0.25, -0.2) is 21.9 Å². The van der Waals surface area contributed by atoms with Gasteiger partial charge in [-0.15, -0.1) is 0 Å². The molecule has 5 rings (SSSR count). The number of rotatable bonds is 5. The van der Waals surface area contributed by atoms with Crippen LogP contribution in [0.5, 0.6) is 0 Å². The highest BCUT2D eigenvalue weighted by Crippen LogP contribution is 2.31. The van der Waals surface area contributed by atoms with E-state index in [-0.39, 0.29) is 23.0 Å². The zero-order valence-electron chi connectivity index (χ0n) is 21.2. The molecule has 2 heterocycles. The maximum atomic E-state index is 13.8. The molecule has 3 amide bonds. The lowest BCUT2D eigenvalue weighted by Crippen LogP contribution is -2.55. The molecule has 0 spiro atoms. The van der Waals surface area contributed by atoms with Crippen LogP contribution < -0.4 is 9.80 Å². The van der Waals surface area contributed by atoms with Crippen LogP contribution in [0.1, 0.15) is 11.1 Å². The quantitative estimate of drug-likeness (QED) is 0.496. The first-order chi connectivity index (χ1) is 18.2. The minimum atomic E-state index is -4.20. The van der Waals surface area contributed by atoms with E-state index < -0.39 is 27.9 Å². The summed E-state index contributed by atoms with van der Waals surface area (Å²) in [6.07, 6.45) is 0. The Kier molecular flexibility index (Phi) is 6.83. The second-order valence-corrected chi connectivity index (χ2v) is 11.5. The highest BCUT2D eigenvalue weighted by molar-refractivity contribution is 7.89. The number of carbonyl (C=O) groups excluding carboxylic acids is 2. The summed E-state index contributed by atoms with van der Waals surface area (Å²) in [5.74, 6) is -0.839. The topological polar surface area (TPSA) is 81.2 Å². The number of hydrogen-bond donors (Lipinski definition) is 0. The smallest absolute Gasteiger partial charge is 0.339 e. The molecule has 0 bridgehead atoms. The van der Waals surface area contributed by atoms with Crippen LogP contribution in [-0.2, 0) is 14.8 Å². The van der Waals surface area contributed by atoms with Crippen molar-refractivity contribution in [2.24, 2.45) is 0 Å². The molecule has 1 unspecified atom stereocenters. The minimum Gasteiger partial charge on any atom is -0.368 e. The SMILES string of the molecule is Cc1ccc(C)c(N2CCN(C(=O)C3CN(S(=O)(=O)c4ccccc4)C(=O)N3c3ccc(F)cc3)CC2)c1. The Hall–Kier alpha value is -3.92. The molecule has 0 radical (unpaired) electrons. The summed E-state index contributed by atoms with van der Waals surface area (Å²) in [6.45, 7) is 5.85. The largest absolute Gasteiger partial charge is 0.368 e. The number of anilines is 2. The molecule has 2 aliphatic rings. The van der Waals surface area contributed by atoms with Gasteiger partial charge >= 0.3 is 6.03 Å². The van der Waals surface area contributed by atoms with Crippen molar-refractivity contribution in [2.45, 2.75) is 24.8 Å². The summed E-state index contributed by atoms with van der Waals surface area (Å²) >= 11 is 0. The van der Waals surface area contributed by atoms with Gasteiger partial charge in [-0.1, -0.05) is 30.3 Å². The lowest BCUT2D eigenvalue weighted by molar-refractivity contribution is -0.132. The van der Waals surface area contributed by atoms with Crippen molar-refractivity contribution in [1.29, 1.82) is 0 Å². The fourth-order valence-corrected chi connectivity index (χ4v) is 6.40. The van der Waals surface area contributed by atoms with Gasteiger partial charge in [0.05, 0.1) is 11.4 Å². The minimum absolute atomic E-state index is 0.0392. The summed E-state index contributed by atoms with van der Waals surface area (Å²) in [5.41, 5.74) is 3.69. The number of carbonyl (C=O) groups is 2. The molecule has 2 fully saturated rings. The standard InChI is InChI=1S/C28H29FN4O4S/c1-20-8-9-21(2)25(18-20)30-14-16-31(17-15-30)27(34)26-19-32(38(36,37)24-6-4-3-5-7-24)28(35)33(26)23-12-10-22(29)11-13-23/h3-13,18,26H,14-17,19H2,1-2H3. The first-order valence-electron chi connectivity index (χ1n) is 12.4. The van der Waals surface area contributed by atoms with Crippen molar-refractivity contribution in [1.82, 2.24) is 9.21 Å². The van der Waals surface area contributed by atoms with Gasteiger partial charge in [-0.05, 0) is 67.4 Å². The van der Waals surface area contributed by atoms with E-state index in [1.54, 1.807) is 23.1 Å². The van der Waals surface area contributed by atoms with Crippen LogP contribution in [0, 0.1) is 19.7 Å². The van der Waals surface area contributed by atoms with E-state index in [9.17, 15) is 22.4 Å². The van der Waals surface area contributed by atoms with Crippen molar-refractivity contribution in [2.75, 3.05) is 42.5 Å². The third-order valence-corrected chi connectivity index (χ3v) is 8.84. The van der Waals surface area contributed by atoms with Gasteiger partial charge in [0.25, 0.3) is 10.0 Å². The number of amides is 3. The number of benzene rings is 3. The summed E-state index contributed by atoms with van der Waals surface area (Å²) in [6, 6.07) is 17.1. The number of aryl methyl sites for hydroxylation is 2. The Morgan fingerprint density at radius 2 is 1.55 bits per heavy atom. The van der Waals surface area contributed by atoms with E-state index in [1.807, 2.05) is 6.92 Å². The molecule has 1 atom stereocenters. The molecule has 3 aromatic carbocycles. The van der Waals surface area contributed by atoms with Gasteiger partial charge in [0.2, 0.25) is 5.91 Å². The first kappa shape index (κ1) is 25.7. The second kappa shape index (κ2) is 10.1. The van der Waals surface area contributed by atoms with Crippen LogP contribution in [0.15, 0.2) is 77.7 Å². The van der Waals surface area contributed by atoms with Gasteiger partial charge in [-0.2, -0.15) is 0 Å². The molecular formula is C28H29FN4O4S. The number of urea groups is 1. The molecule has 0 aromatic heterocycles. The van der Waals surface area contributed by atoms with Crippen molar-refractivity contribution in [3.8, 4) is 0 Å². The van der Waals surface area contributed by atoms with Crippen molar-refractivity contribution in [3.63, 3.8) is 0 Å². The fraction of sp³-hybridized carbons (Fsp3) is 0.286. The molecule has 198 valence electrons. The van der Waals surface area contributed by atoms with E-state index >= 15 is 0 Å². The summed E-state index contributed by atoms with van der Waals surface area (Å²) in [5, 5.41) is 0. The maximum Gasteiger partial charge on any atom is 0.339 e. The predicted octanol–water partition coefficient (Wildman–Crippen LogP) is 3.79. The van der Waals surface area contributed by atoms with Crippen LogP contribution in [-0.4, -0.2) is 68.3 Å². The molecule has 0 aliphatic carbocycles. The lowest BCUT2D eigenvalue weighted by Gasteiger charge is -2.38. The van der Waals surface area contributed by atoms with Crippen LogP contribution in [0.3, 0.4) is 0 Å². The summed E-state index contributed by atoms with van der Waals surface area (Å²) < 4.78 is 41.1. The van der Waals surface area contributed by atoms with E-state index in [0.29, 0.717) is 26.2 Å². The van der Waals surface area contributed by atoms with Crippen LogP contribution in [0.4, 0.5) is 20.6 Å². The first-order valence-corrected chi connectivity index (χ1v) is 13.9. The Bertz CT molecular complexity index is 1460. The lowest BCUT2D eigenvalue weighted by atomic mass is 10.1. The van der Waals surface area contributed by atoms with E-state index in [1.165, 1.54) is 41.3 Å². The highest BCUT2D eigenvalue weighted by Gasteiger charge is 2.49. The second-order valence-electron chi connectivity index (χ2n) is 9.60. The Morgan fingerprint density at radius 1 is 0.895 bits per heavy atom. The zero-order chi connectivity index (χ0) is 27.0. The number of nitrogens with zero attached hydrogens (tertiary/aromatic N) is 4. The Labute approximate surface area is 221 Å². The third-order valence-electron chi connectivity index (χ3n) is 7.09.